The molecule has 0 radical (unpaired) electrons. The number of hydrogen-bond donors (Lipinski definition) is 4. The summed E-state index contributed by atoms with van der Waals surface area (Å²) in [6, 6.07) is 3.88. The van der Waals surface area contributed by atoms with Crippen LogP contribution in [0.25, 0.3) is 0 Å². The standard InChI is InChI=1S/C22H24F3N3O6S/c1-9-16-15(10(2)29)20(31)28(16)17(21(32)33)18(9)35-13-7-14(26-8-13)19(30)27-11-4-3-5-12(6-11)34-22(23,24)25/h3-6,9-10,13-16,26,29H,7-8H2,1-2H3,(H,27,30)(H,32,33)/t9-,10-,13+,14+,15-,16-/m1/s1. The number of halogens is 3. The van der Waals surface area contributed by atoms with Gasteiger partial charge in [0, 0.05) is 34.4 Å². The maximum Gasteiger partial charge on any atom is 0.573 e. The smallest absolute Gasteiger partial charge is 0.477 e. The molecule has 35 heavy (non-hydrogen) atoms. The summed E-state index contributed by atoms with van der Waals surface area (Å²) in [6.45, 7) is 3.72. The van der Waals surface area contributed by atoms with Gasteiger partial charge in [-0.2, -0.15) is 0 Å². The summed E-state index contributed by atoms with van der Waals surface area (Å²) in [6.07, 6.45) is -5.40. The van der Waals surface area contributed by atoms with Crippen LogP contribution in [0.5, 0.6) is 5.75 Å². The lowest BCUT2D eigenvalue weighted by Crippen LogP contribution is -2.63. The first kappa shape index (κ1) is 25.3. The number of fused-ring (bicyclic) bond motifs is 1. The average molecular weight is 516 g/mol. The summed E-state index contributed by atoms with van der Waals surface area (Å²) in [5, 5.41) is 25.1. The Kier molecular flexibility index (Phi) is 6.77. The van der Waals surface area contributed by atoms with E-state index in [-0.39, 0.29) is 22.6 Å². The highest BCUT2D eigenvalue weighted by Crippen LogP contribution is 2.51. The Morgan fingerprint density at radius 1 is 1.34 bits per heavy atom. The number of aliphatic carboxylic acids is 1. The summed E-state index contributed by atoms with van der Waals surface area (Å²) in [7, 11) is 0. The van der Waals surface area contributed by atoms with Crippen LogP contribution in [0.3, 0.4) is 0 Å². The minimum atomic E-state index is -4.85. The molecule has 0 saturated carbocycles. The molecule has 2 saturated heterocycles. The summed E-state index contributed by atoms with van der Waals surface area (Å²) in [5.41, 5.74) is 0.0609. The van der Waals surface area contributed by atoms with E-state index in [9.17, 15) is 37.8 Å². The van der Waals surface area contributed by atoms with Gasteiger partial charge in [-0.3, -0.25) is 9.59 Å². The van der Waals surface area contributed by atoms with E-state index in [0.717, 1.165) is 12.1 Å². The zero-order valence-electron chi connectivity index (χ0n) is 18.7. The average Bonchev–Trinajstić information content (AvgIpc) is 3.29. The second kappa shape index (κ2) is 9.36. The lowest BCUT2D eigenvalue weighted by Gasteiger charge is -2.46. The van der Waals surface area contributed by atoms with Crippen molar-refractivity contribution < 1.29 is 42.5 Å². The van der Waals surface area contributed by atoms with Crippen molar-refractivity contribution >= 4 is 35.2 Å². The van der Waals surface area contributed by atoms with E-state index in [1.807, 2.05) is 6.92 Å². The lowest BCUT2D eigenvalue weighted by molar-refractivity contribution is -0.274. The number of aliphatic hydroxyl groups is 1. The summed E-state index contributed by atoms with van der Waals surface area (Å²) < 4.78 is 41.2. The highest BCUT2D eigenvalue weighted by atomic mass is 32.2. The van der Waals surface area contributed by atoms with Crippen LogP contribution in [0.4, 0.5) is 18.9 Å². The number of nitrogens with one attached hydrogen (secondary N) is 2. The number of β-lactam (4-membered cyclic amide) rings is 1. The Balaban J connectivity index is 1.40. The molecule has 0 aliphatic carbocycles. The fraction of sp³-hybridized carbons (Fsp3) is 0.500. The molecule has 0 aromatic heterocycles. The van der Waals surface area contributed by atoms with Crippen LogP contribution < -0.4 is 15.4 Å². The fourth-order valence-electron chi connectivity index (χ4n) is 4.85. The van der Waals surface area contributed by atoms with Gasteiger partial charge in [0.25, 0.3) is 0 Å². The Labute approximate surface area is 202 Å². The third-order valence-electron chi connectivity index (χ3n) is 6.35. The van der Waals surface area contributed by atoms with Crippen LogP contribution in [0.2, 0.25) is 0 Å². The molecule has 0 spiro atoms. The van der Waals surface area contributed by atoms with E-state index >= 15 is 0 Å². The molecule has 3 heterocycles. The second-order valence-electron chi connectivity index (χ2n) is 8.77. The van der Waals surface area contributed by atoms with Gasteiger partial charge in [0.1, 0.15) is 11.4 Å². The number of amides is 2. The minimum Gasteiger partial charge on any atom is -0.477 e. The number of alkyl halides is 3. The molecule has 0 unspecified atom stereocenters. The first-order valence-corrected chi connectivity index (χ1v) is 11.8. The number of carbonyl (C=O) groups excluding carboxylic acids is 2. The van der Waals surface area contributed by atoms with Gasteiger partial charge in [-0.05, 0) is 25.5 Å². The van der Waals surface area contributed by atoms with Gasteiger partial charge in [-0.1, -0.05) is 13.0 Å². The molecule has 13 heteroatoms. The van der Waals surface area contributed by atoms with Crippen LogP contribution in [0.15, 0.2) is 34.9 Å². The molecule has 9 nitrogen and oxygen atoms in total. The number of carboxylic acids is 1. The van der Waals surface area contributed by atoms with E-state index < -0.39 is 54.0 Å². The van der Waals surface area contributed by atoms with E-state index in [2.05, 4.69) is 15.4 Å². The quantitative estimate of drug-likeness (QED) is 0.407. The molecule has 1 aromatic rings. The molecule has 1 aromatic carbocycles. The Hall–Kier alpha value is -2.77. The molecule has 2 amide bonds. The molecule has 3 aliphatic heterocycles. The van der Waals surface area contributed by atoms with Crippen LogP contribution in [-0.2, 0) is 14.4 Å². The number of carboxylic acid groups (broad SMARTS) is 1. The maximum atomic E-state index is 12.7. The van der Waals surface area contributed by atoms with Crippen molar-refractivity contribution in [3.63, 3.8) is 0 Å². The SMILES string of the molecule is C[C@@H](O)[C@H]1C(=O)N2C(C(=O)O)=C(S[C@@H]3CN[C@H](C(=O)Nc4cccc(OC(F)(F)F)c4)C3)[C@H](C)[C@H]12. The third-order valence-corrected chi connectivity index (χ3v) is 7.86. The Bertz CT molecular complexity index is 1080. The lowest BCUT2D eigenvalue weighted by atomic mass is 9.79. The highest BCUT2D eigenvalue weighted by molar-refractivity contribution is 8.03. The second-order valence-corrected chi connectivity index (χ2v) is 10.1. The molecule has 0 bridgehead atoms. The van der Waals surface area contributed by atoms with Crippen LogP contribution in [0.1, 0.15) is 20.3 Å². The Morgan fingerprint density at radius 3 is 2.69 bits per heavy atom. The van der Waals surface area contributed by atoms with E-state index in [1.165, 1.54) is 35.7 Å². The highest BCUT2D eigenvalue weighted by Gasteiger charge is 2.60. The first-order chi connectivity index (χ1) is 16.4. The molecule has 190 valence electrons. The molecule has 6 atom stereocenters. The zero-order chi connectivity index (χ0) is 25.7. The normalized spacial score (nSPS) is 29.0. The maximum absolute atomic E-state index is 12.7. The molecule has 4 N–H and O–H groups in total. The van der Waals surface area contributed by atoms with Crippen LogP contribution in [-0.4, -0.2) is 69.2 Å². The van der Waals surface area contributed by atoms with Gasteiger partial charge >= 0.3 is 12.3 Å². The largest absolute Gasteiger partial charge is 0.573 e. The van der Waals surface area contributed by atoms with E-state index in [4.69, 9.17) is 0 Å². The van der Waals surface area contributed by atoms with Crippen molar-refractivity contribution in [2.24, 2.45) is 11.8 Å². The van der Waals surface area contributed by atoms with Gasteiger partial charge in [0.2, 0.25) is 11.8 Å². The Morgan fingerprint density at radius 2 is 2.06 bits per heavy atom. The fourth-order valence-corrected chi connectivity index (χ4v) is 6.33. The van der Waals surface area contributed by atoms with Crippen molar-refractivity contribution in [3.8, 4) is 5.75 Å². The van der Waals surface area contributed by atoms with Crippen LogP contribution in [0, 0.1) is 11.8 Å². The number of ether oxygens (including phenoxy) is 1. The number of carbonyl (C=O) groups is 3. The molecule has 3 aliphatic rings. The molecular weight excluding hydrogens is 491 g/mol. The predicted octanol–water partition coefficient (Wildman–Crippen LogP) is 2.14. The van der Waals surface area contributed by atoms with Gasteiger partial charge < -0.3 is 30.5 Å². The first-order valence-electron chi connectivity index (χ1n) is 10.9. The van der Waals surface area contributed by atoms with Crippen molar-refractivity contribution in [2.45, 2.75) is 50.1 Å². The van der Waals surface area contributed by atoms with Crippen LogP contribution >= 0.6 is 11.8 Å². The van der Waals surface area contributed by atoms with Gasteiger partial charge in [-0.25, -0.2) is 4.79 Å². The number of nitrogens with zero attached hydrogens (tertiary/aromatic N) is 1. The van der Waals surface area contributed by atoms with Crippen molar-refractivity contribution in [2.75, 3.05) is 11.9 Å². The minimum absolute atomic E-state index is 0.0798. The van der Waals surface area contributed by atoms with Crippen molar-refractivity contribution in [1.82, 2.24) is 10.2 Å². The topological polar surface area (TPSA) is 128 Å². The third kappa shape index (κ3) is 4.98. The van der Waals surface area contributed by atoms with E-state index in [1.54, 1.807) is 0 Å². The number of aliphatic hydroxyl groups excluding tert-OH is 1. The monoisotopic (exact) mass is 515 g/mol. The molecule has 2 fully saturated rings. The number of benzene rings is 1. The predicted molar refractivity (Wildman–Crippen MR) is 119 cm³/mol. The van der Waals surface area contributed by atoms with Gasteiger partial charge in [0.05, 0.1) is 24.1 Å². The number of anilines is 1. The van der Waals surface area contributed by atoms with E-state index in [0.29, 0.717) is 17.9 Å². The van der Waals surface area contributed by atoms with Gasteiger partial charge in [-0.15, -0.1) is 24.9 Å². The summed E-state index contributed by atoms with van der Waals surface area (Å²) >= 11 is 1.29. The molecular formula is C22H24F3N3O6S. The number of hydrogen-bond acceptors (Lipinski definition) is 7. The summed E-state index contributed by atoms with van der Waals surface area (Å²) in [4.78, 5) is 38.9. The van der Waals surface area contributed by atoms with Gasteiger partial charge in [0.15, 0.2) is 0 Å². The zero-order valence-corrected chi connectivity index (χ0v) is 19.5. The number of thioether (sulfide) groups is 1. The van der Waals surface area contributed by atoms with Crippen molar-refractivity contribution in [3.05, 3.63) is 34.9 Å². The summed E-state index contributed by atoms with van der Waals surface area (Å²) in [5.74, 6) is -3.48. The van der Waals surface area contributed by atoms with Crippen molar-refractivity contribution in [1.29, 1.82) is 0 Å². The molecule has 4 rings (SSSR count). The number of rotatable bonds is 7.